The first-order chi connectivity index (χ1) is 18.8. The SMILES string of the molecule is CC(C)(N)CC(=O)N[C@@H]1CCc2ccccc2N(Cc2ccc(-c3ccccc3C(=O)OC(C)(C)C)cc2)C1=O. The van der Waals surface area contributed by atoms with Crippen molar-refractivity contribution in [3.63, 3.8) is 0 Å². The topological polar surface area (TPSA) is 102 Å². The zero-order valence-electron chi connectivity index (χ0n) is 24.0. The molecule has 7 nitrogen and oxygen atoms in total. The van der Waals surface area contributed by atoms with Gasteiger partial charge in [0.25, 0.3) is 0 Å². The Hall–Kier alpha value is -3.97. The number of carbonyl (C=O) groups excluding carboxylic acids is 3. The molecule has 1 aliphatic heterocycles. The number of esters is 1. The Morgan fingerprint density at radius 3 is 2.27 bits per heavy atom. The van der Waals surface area contributed by atoms with E-state index in [1.807, 2.05) is 87.5 Å². The first-order valence-corrected chi connectivity index (χ1v) is 13.7. The summed E-state index contributed by atoms with van der Waals surface area (Å²) in [6.07, 6.45) is 1.33. The Morgan fingerprint density at radius 1 is 0.950 bits per heavy atom. The Labute approximate surface area is 236 Å². The predicted octanol–water partition coefficient (Wildman–Crippen LogP) is 5.40. The Morgan fingerprint density at radius 2 is 1.60 bits per heavy atom. The molecule has 0 radical (unpaired) electrons. The maximum Gasteiger partial charge on any atom is 0.339 e. The van der Waals surface area contributed by atoms with Crippen LogP contribution in [-0.4, -0.2) is 35.0 Å². The van der Waals surface area contributed by atoms with Crippen LogP contribution in [0.15, 0.2) is 72.8 Å². The molecular weight excluding hydrogens is 502 g/mol. The summed E-state index contributed by atoms with van der Waals surface area (Å²) in [5, 5.41) is 2.93. The number of para-hydroxylation sites is 1. The number of rotatable bonds is 7. The van der Waals surface area contributed by atoms with Crippen LogP contribution in [0.4, 0.5) is 5.69 Å². The molecule has 0 spiro atoms. The molecule has 1 aliphatic rings. The van der Waals surface area contributed by atoms with Gasteiger partial charge in [-0.3, -0.25) is 9.59 Å². The molecule has 0 fully saturated rings. The summed E-state index contributed by atoms with van der Waals surface area (Å²) >= 11 is 0. The van der Waals surface area contributed by atoms with E-state index in [0.717, 1.165) is 27.9 Å². The van der Waals surface area contributed by atoms with Gasteiger partial charge >= 0.3 is 5.97 Å². The maximum atomic E-state index is 13.8. The molecule has 3 aromatic carbocycles. The number of hydrogen-bond acceptors (Lipinski definition) is 5. The molecule has 0 saturated heterocycles. The number of nitrogens with zero attached hydrogens (tertiary/aromatic N) is 1. The molecule has 1 heterocycles. The number of nitrogens with two attached hydrogens (primary N) is 1. The van der Waals surface area contributed by atoms with E-state index in [2.05, 4.69) is 5.32 Å². The minimum Gasteiger partial charge on any atom is -0.456 e. The van der Waals surface area contributed by atoms with Crippen molar-refractivity contribution in [3.05, 3.63) is 89.5 Å². The predicted molar refractivity (Wildman–Crippen MR) is 158 cm³/mol. The van der Waals surface area contributed by atoms with E-state index >= 15 is 0 Å². The smallest absolute Gasteiger partial charge is 0.339 e. The van der Waals surface area contributed by atoms with Gasteiger partial charge in [0.05, 0.1) is 12.1 Å². The van der Waals surface area contributed by atoms with Gasteiger partial charge in [-0.2, -0.15) is 0 Å². The summed E-state index contributed by atoms with van der Waals surface area (Å²) in [6, 6.07) is 22.5. The van der Waals surface area contributed by atoms with Gasteiger partial charge in [-0.15, -0.1) is 0 Å². The average Bonchev–Trinajstić information content (AvgIpc) is 2.99. The molecule has 1 atom stereocenters. The normalized spacial score (nSPS) is 15.7. The van der Waals surface area contributed by atoms with Crippen molar-refractivity contribution in [1.29, 1.82) is 0 Å². The fourth-order valence-corrected chi connectivity index (χ4v) is 4.89. The number of anilines is 1. The first-order valence-electron chi connectivity index (χ1n) is 13.7. The lowest BCUT2D eigenvalue weighted by molar-refractivity contribution is -0.128. The second-order valence-corrected chi connectivity index (χ2v) is 12.1. The standard InChI is InChI=1S/C33H39N3O4/c1-32(2,3)40-31(39)26-12-8-7-11-25(26)23-16-14-22(15-17-23)21-36-28-13-9-6-10-24(28)18-19-27(30(36)38)35-29(37)20-33(4,5)34/h6-17,27H,18-21,34H2,1-5H3,(H,35,37)/t27-/m1/s1. The average molecular weight is 542 g/mol. The van der Waals surface area contributed by atoms with Crippen molar-refractivity contribution in [3.8, 4) is 11.1 Å². The third-order valence-corrected chi connectivity index (χ3v) is 6.65. The van der Waals surface area contributed by atoms with E-state index < -0.39 is 17.2 Å². The van der Waals surface area contributed by atoms with Crippen LogP contribution in [0.2, 0.25) is 0 Å². The molecule has 3 N–H and O–H groups in total. The zero-order valence-corrected chi connectivity index (χ0v) is 24.0. The number of carbonyl (C=O) groups is 3. The quantitative estimate of drug-likeness (QED) is 0.390. The lowest BCUT2D eigenvalue weighted by Gasteiger charge is -2.27. The number of hydrogen-bond donors (Lipinski definition) is 2. The van der Waals surface area contributed by atoms with Gasteiger partial charge < -0.3 is 20.7 Å². The van der Waals surface area contributed by atoms with E-state index in [9.17, 15) is 14.4 Å². The highest BCUT2D eigenvalue weighted by Crippen LogP contribution is 2.30. The molecule has 40 heavy (non-hydrogen) atoms. The molecule has 0 saturated carbocycles. The molecule has 0 aromatic heterocycles. The van der Waals surface area contributed by atoms with Gasteiger partial charge in [0.2, 0.25) is 11.8 Å². The molecule has 2 amide bonds. The Kier molecular flexibility index (Phi) is 8.45. The second kappa shape index (κ2) is 11.6. The molecule has 0 unspecified atom stereocenters. The number of benzene rings is 3. The van der Waals surface area contributed by atoms with Gasteiger partial charge in [0, 0.05) is 17.6 Å². The Bertz CT molecular complexity index is 1380. The lowest BCUT2D eigenvalue weighted by atomic mass is 9.98. The first kappa shape index (κ1) is 29.0. The van der Waals surface area contributed by atoms with Crippen LogP contribution in [0.3, 0.4) is 0 Å². The monoisotopic (exact) mass is 541 g/mol. The summed E-state index contributed by atoms with van der Waals surface area (Å²) in [4.78, 5) is 41.0. The van der Waals surface area contributed by atoms with Crippen molar-refractivity contribution in [2.75, 3.05) is 4.90 Å². The third-order valence-electron chi connectivity index (χ3n) is 6.65. The highest BCUT2D eigenvalue weighted by molar-refractivity contribution is 6.00. The lowest BCUT2D eigenvalue weighted by Crippen LogP contribution is -2.49. The maximum absolute atomic E-state index is 13.8. The number of amides is 2. The van der Waals surface area contributed by atoms with Crippen molar-refractivity contribution < 1.29 is 19.1 Å². The van der Waals surface area contributed by atoms with Gasteiger partial charge in [0.1, 0.15) is 11.6 Å². The number of aryl methyl sites for hydroxylation is 1. The van der Waals surface area contributed by atoms with E-state index in [4.69, 9.17) is 10.5 Å². The summed E-state index contributed by atoms with van der Waals surface area (Å²) in [5.41, 5.74) is 9.78. The van der Waals surface area contributed by atoms with Gasteiger partial charge in [0.15, 0.2) is 0 Å². The molecule has 7 heteroatoms. The van der Waals surface area contributed by atoms with Gasteiger partial charge in [-0.25, -0.2) is 4.79 Å². The third kappa shape index (κ3) is 7.36. The zero-order chi connectivity index (χ0) is 29.1. The molecule has 0 bridgehead atoms. The fourth-order valence-electron chi connectivity index (χ4n) is 4.89. The van der Waals surface area contributed by atoms with E-state index in [1.54, 1.807) is 24.8 Å². The number of ether oxygens (including phenoxy) is 1. The highest BCUT2D eigenvalue weighted by atomic mass is 16.6. The van der Waals surface area contributed by atoms with Crippen LogP contribution in [-0.2, 0) is 27.3 Å². The summed E-state index contributed by atoms with van der Waals surface area (Å²) in [6.45, 7) is 9.47. The molecule has 3 aromatic rings. The van der Waals surface area contributed by atoms with Crippen LogP contribution in [0.5, 0.6) is 0 Å². The molecule has 4 rings (SSSR count). The second-order valence-electron chi connectivity index (χ2n) is 12.1. The fraction of sp³-hybridized carbons (Fsp3) is 0.364. The summed E-state index contributed by atoms with van der Waals surface area (Å²) in [7, 11) is 0. The minimum atomic E-state index is -0.662. The minimum absolute atomic E-state index is 0.135. The highest BCUT2D eigenvalue weighted by Gasteiger charge is 2.32. The molecule has 210 valence electrons. The largest absolute Gasteiger partial charge is 0.456 e. The van der Waals surface area contributed by atoms with Crippen molar-refractivity contribution >= 4 is 23.5 Å². The van der Waals surface area contributed by atoms with Gasteiger partial charge in [-0.05, 0) is 81.8 Å². The molecular formula is C33H39N3O4. The van der Waals surface area contributed by atoms with Crippen LogP contribution >= 0.6 is 0 Å². The number of fused-ring (bicyclic) bond motifs is 1. The summed E-state index contributed by atoms with van der Waals surface area (Å²) < 4.78 is 5.61. The number of nitrogens with one attached hydrogen (secondary N) is 1. The van der Waals surface area contributed by atoms with Crippen molar-refractivity contribution in [2.45, 2.75) is 77.6 Å². The van der Waals surface area contributed by atoms with Crippen LogP contribution < -0.4 is 16.0 Å². The summed E-state index contributed by atoms with van der Waals surface area (Å²) in [5.74, 6) is -0.748. The van der Waals surface area contributed by atoms with Crippen molar-refractivity contribution in [1.82, 2.24) is 5.32 Å². The van der Waals surface area contributed by atoms with Crippen LogP contribution in [0, 0.1) is 0 Å². The van der Waals surface area contributed by atoms with Gasteiger partial charge in [-0.1, -0.05) is 60.7 Å². The van der Waals surface area contributed by atoms with E-state index in [-0.39, 0.29) is 24.2 Å². The molecule has 0 aliphatic carbocycles. The van der Waals surface area contributed by atoms with Crippen LogP contribution in [0.25, 0.3) is 11.1 Å². The van der Waals surface area contributed by atoms with E-state index in [0.29, 0.717) is 24.9 Å². The van der Waals surface area contributed by atoms with E-state index in [1.165, 1.54) is 0 Å². The van der Waals surface area contributed by atoms with Crippen molar-refractivity contribution in [2.24, 2.45) is 5.73 Å². The Balaban J connectivity index is 1.58. The van der Waals surface area contributed by atoms with Crippen LogP contribution in [0.1, 0.15) is 68.9 Å².